The molecule has 0 amide bonds. The van der Waals surface area contributed by atoms with Crippen molar-refractivity contribution in [1.29, 1.82) is 0 Å². The maximum Gasteiger partial charge on any atom is 0.123 e. The summed E-state index contributed by atoms with van der Waals surface area (Å²) in [5.74, 6) is -0.252. The van der Waals surface area contributed by atoms with Crippen LogP contribution in [0, 0.1) is 5.82 Å². The summed E-state index contributed by atoms with van der Waals surface area (Å²) >= 11 is 0. The number of fused-ring (bicyclic) bond motifs is 1. The van der Waals surface area contributed by atoms with Gasteiger partial charge in [0.15, 0.2) is 0 Å². The normalized spacial score (nSPS) is 10.9. The van der Waals surface area contributed by atoms with E-state index in [0.29, 0.717) is 0 Å². The van der Waals surface area contributed by atoms with Crippen molar-refractivity contribution in [3.8, 4) is 11.3 Å². The van der Waals surface area contributed by atoms with Crippen LogP contribution in [0.2, 0.25) is 0 Å². The largest absolute Gasteiger partial charge is 0.381 e. The highest BCUT2D eigenvalue weighted by atomic mass is 19.1. The standard InChI is InChI=1S/C19H15FN4/c20-15-3-1-14(2-4-15)19-17-11-16(5-6-18(17)23-24-19)22-12-13-7-9-21-10-8-13/h1-11,22H,12H2,(H,23,24). The molecule has 0 aliphatic heterocycles. The Balaban J connectivity index is 1.64. The molecule has 4 aromatic rings. The second kappa shape index (κ2) is 6.12. The molecule has 0 aliphatic rings. The fourth-order valence-electron chi connectivity index (χ4n) is 2.66. The summed E-state index contributed by atoms with van der Waals surface area (Å²) in [6.07, 6.45) is 3.56. The van der Waals surface area contributed by atoms with Gasteiger partial charge in [0, 0.05) is 35.6 Å². The van der Waals surface area contributed by atoms with Crippen LogP contribution in [0.25, 0.3) is 22.2 Å². The minimum atomic E-state index is -0.252. The van der Waals surface area contributed by atoms with Crippen LogP contribution < -0.4 is 5.32 Å². The molecule has 2 aromatic carbocycles. The van der Waals surface area contributed by atoms with E-state index < -0.39 is 0 Å². The molecule has 2 aromatic heterocycles. The lowest BCUT2D eigenvalue weighted by molar-refractivity contribution is 0.628. The van der Waals surface area contributed by atoms with Crippen molar-refractivity contribution < 1.29 is 4.39 Å². The summed E-state index contributed by atoms with van der Waals surface area (Å²) in [5.41, 5.74) is 4.82. The minimum Gasteiger partial charge on any atom is -0.381 e. The molecular formula is C19H15FN4. The molecule has 0 bridgehead atoms. The van der Waals surface area contributed by atoms with Gasteiger partial charge in [0.2, 0.25) is 0 Å². The molecule has 5 heteroatoms. The van der Waals surface area contributed by atoms with Crippen molar-refractivity contribution in [3.05, 3.63) is 78.4 Å². The summed E-state index contributed by atoms with van der Waals surface area (Å²) in [5, 5.41) is 11.8. The van der Waals surface area contributed by atoms with Crippen molar-refractivity contribution in [2.75, 3.05) is 5.32 Å². The molecule has 4 rings (SSSR count). The number of nitrogens with zero attached hydrogens (tertiary/aromatic N) is 2. The third kappa shape index (κ3) is 2.84. The molecule has 0 unspecified atom stereocenters. The van der Waals surface area contributed by atoms with E-state index in [1.807, 2.05) is 24.3 Å². The average Bonchev–Trinajstić information content (AvgIpc) is 3.05. The Morgan fingerprint density at radius 1 is 0.958 bits per heavy atom. The molecule has 0 saturated heterocycles. The number of benzene rings is 2. The number of anilines is 1. The number of nitrogens with one attached hydrogen (secondary N) is 2. The molecule has 2 N–H and O–H groups in total. The van der Waals surface area contributed by atoms with E-state index in [-0.39, 0.29) is 5.82 Å². The number of pyridine rings is 1. The lowest BCUT2D eigenvalue weighted by Gasteiger charge is -2.07. The number of rotatable bonds is 4. The minimum absolute atomic E-state index is 0.252. The predicted molar refractivity (Wildman–Crippen MR) is 93.1 cm³/mol. The highest BCUT2D eigenvalue weighted by Crippen LogP contribution is 2.28. The van der Waals surface area contributed by atoms with Crippen molar-refractivity contribution >= 4 is 16.6 Å². The summed E-state index contributed by atoms with van der Waals surface area (Å²) in [4.78, 5) is 4.02. The second-order valence-electron chi connectivity index (χ2n) is 5.55. The monoisotopic (exact) mass is 318 g/mol. The first kappa shape index (κ1) is 14.4. The molecule has 2 heterocycles. The highest BCUT2D eigenvalue weighted by Gasteiger charge is 2.09. The Kier molecular flexibility index (Phi) is 3.67. The Labute approximate surface area is 138 Å². The molecule has 0 saturated carbocycles. The van der Waals surface area contributed by atoms with E-state index in [1.165, 1.54) is 12.1 Å². The van der Waals surface area contributed by atoms with Crippen LogP contribution in [-0.4, -0.2) is 15.2 Å². The van der Waals surface area contributed by atoms with E-state index in [1.54, 1.807) is 24.5 Å². The first-order chi connectivity index (χ1) is 11.8. The fraction of sp³-hybridized carbons (Fsp3) is 0.0526. The van der Waals surface area contributed by atoms with Crippen LogP contribution >= 0.6 is 0 Å². The summed E-state index contributed by atoms with van der Waals surface area (Å²) in [6, 6.07) is 16.4. The van der Waals surface area contributed by atoms with Gasteiger partial charge < -0.3 is 5.32 Å². The zero-order valence-electron chi connectivity index (χ0n) is 12.8. The Morgan fingerprint density at radius 2 is 1.75 bits per heavy atom. The molecule has 0 spiro atoms. The van der Waals surface area contributed by atoms with Crippen molar-refractivity contribution in [2.24, 2.45) is 0 Å². The van der Waals surface area contributed by atoms with Crippen molar-refractivity contribution in [1.82, 2.24) is 15.2 Å². The Hall–Kier alpha value is -3.21. The van der Waals surface area contributed by atoms with E-state index in [4.69, 9.17) is 0 Å². The quantitative estimate of drug-likeness (QED) is 0.587. The average molecular weight is 318 g/mol. The predicted octanol–water partition coefficient (Wildman–Crippen LogP) is 4.38. The van der Waals surface area contributed by atoms with Crippen LogP contribution in [0.1, 0.15) is 5.56 Å². The highest BCUT2D eigenvalue weighted by molar-refractivity contribution is 5.94. The third-order valence-electron chi connectivity index (χ3n) is 3.93. The SMILES string of the molecule is Fc1ccc(-c2n[nH]c3ccc(NCc4ccncc4)cc23)cc1. The van der Waals surface area contributed by atoms with Gasteiger partial charge in [-0.25, -0.2) is 4.39 Å². The Bertz CT molecular complexity index is 962. The van der Waals surface area contributed by atoms with Gasteiger partial charge in [-0.05, 0) is 60.2 Å². The van der Waals surface area contributed by atoms with Crippen LogP contribution in [0.15, 0.2) is 67.0 Å². The number of H-pyrrole nitrogens is 1. The summed E-state index contributed by atoms with van der Waals surface area (Å²) < 4.78 is 13.1. The Morgan fingerprint density at radius 3 is 2.54 bits per heavy atom. The van der Waals surface area contributed by atoms with Crippen molar-refractivity contribution in [3.63, 3.8) is 0 Å². The fourth-order valence-corrected chi connectivity index (χ4v) is 2.66. The molecule has 4 nitrogen and oxygen atoms in total. The number of hydrogen-bond donors (Lipinski definition) is 2. The first-order valence-electron chi connectivity index (χ1n) is 7.66. The van der Waals surface area contributed by atoms with Crippen molar-refractivity contribution in [2.45, 2.75) is 6.54 Å². The van der Waals surface area contributed by atoms with Gasteiger partial charge >= 0.3 is 0 Å². The van der Waals surface area contributed by atoms with Crippen LogP contribution in [-0.2, 0) is 6.54 Å². The second-order valence-corrected chi connectivity index (χ2v) is 5.55. The van der Waals surface area contributed by atoms with Gasteiger partial charge in [0.25, 0.3) is 0 Å². The molecule has 24 heavy (non-hydrogen) atoms. The lowest BCUT2D eigenvalue weighted by Crippen LogP contribution is -1.99. The third-order valence-corrected chi connectivity index (χ3v) is 3.93. The number of aromatic nitrogens is 3. The first-order valence-corrected chi connectivity index (χ1v) is 7.66. The van der Waals surface area contributed by atoms with E-state index in [2.05, 4.69) is 26.6 Å². The van der Waals surface area contributed by atoms with E-state index >= 15 is 0 Å². The maximum atomic E-state index is 13.1. The van der Waals surface area contributed by atoms with Gasteiger partial charge in [-0.1, -0.05) is 0 Å². The summed E-state index contributed by atoms with van der Waals surface area (Å²) in [7, 11) is 0. The number of aromatic amines is 1. The van der Waals surface area contributed by atoms with Crippen LogP contribution in [0.5, 0.6) is 0 Å². The lowest BCUT2D eigenvalue weighted by atomic mass is 10.1. The van der Waals surface area contributed by atoms with E-state index in [0.717, 1.165) is 40.0 Å². The van der Waals surface area contributed by atoms with Gasteiger partial charge in [-0.2, -0.15) is 5.10 Å². The summed E-state index contributed by atoms with van der Waals surface area (Å²) in [6.45, 7) is 0.720. The molecule has 118 valence electrons. The zero-order valence-corrected chi connectivity index (χ0v) is 12.8. The topological polar surface area (TPSA) is 53.6 Å². The van der Waals surface area contributed by atoms with E-state index in [9.17, 15) is 4.39 Å². The van der Waals surface area contributed by atoms with Crippen LogP contribution in [0.3, 0.4) is 0 Å². The zero-order chi connectivity index (χ0) is 16.4. The number of hydrogen-bond acceptors (Lipinski definition) is 3. The van der Waals surface area contributed by atoms with Gasteiger partial charge in [0.1, 0.15) is 5.82 Å². The molecule has 0 atom stereocenters. The molecule has 0 aliphatic carbocycles. The number of halogens is 1. The molecule has 0 radical (unpaired) electrons. The molecule has 0 fully saturated rings. The van der Waals surface area contributed by atoms with Gasteiger partial charge in [-0.15, -0.1) is 0 Å². The maximum absolute atomic E-state index is 13.1. The van der Waals surface area contributed by atoms with Gasteiger partial charge in [0.05, 0.1) is 11.2 Å². The van der Waals surface area contributed by atoms with Gasteiger partial charge in [-0.3, -0.25) is 10.1 Å². The molecular weight excluding hydrogens is 303 g/mol. The smallest absolute Gasteiger partial charge is 0.123 e. The van der Waals surface area contributed by atoms with Crippen LogP contribution in [0.4, 0.5) is 10.1 Å².